The van der Waals surface area contributed by atoms with Crippen molar-refractivity contribution in [2.45, 2.75) is 6.54 Å². The number of benzene rings is 3. The van der Waals surface area contributed by atoms with E-state index in [1.54, 1.807) is 23.2 Å². The number of amides is 1. The first kappa shape index (κ1) is 18.1. The van der Waals surface area contributed by atoms with E-state index in [9.17, 15) is 4.79 Å². The fourth-order valence-corrected chi connectivity index (χ4v) is 3.12. The third-order valence-electron chi connectivity index (χ3n) is 4.28. The number of nitrogens with one attached hydrogen (secondary N) is 1. The maximum Gasteiger partial charge on any atom is 0.291 e. The van der Waals surface area contributed by atoms with Crippen LogP contribution >= 0.6 is 15.9 Å². The third kappa shape index (κ3) is 4.35. The first-order valence-corrected chi connectivity index (χ1v) is 9.57. The molecule has 1 aromatic heterocycles. The van der Waals surface area contributed by atoms with Gasteiger partial charge in [-0.05, 0) is 46.2 Å². The molecule has 0 spiro atoms. The molecule has 0 bridgehead atoms. The molecule has 0 fully saturated rings. The zero-order chi connectivity index (χ0) is 19.3. The van der Waals surface area contributed by atoms with Gasteiger partial charge >= 0.3 is 0 Å². The Balaban J connectivity index is 1.38. The van der Waals surface area contributed by atoms with E-state index < -0.39 is 0 Å². The number of aromatic nitrogens is 2. The van der Waals surface area contributed by atoms with E-state index in [2.05, 4.69) is 37.6 Å². The van der Waals surface area contributed by atoms with Gasteiger partial charge in [0.1, 0.15) is 0 Å². The minimum Gasteiger partial charge on any atom is -0.268 e. The summed E-state index contributed by atoms with van der Waals surface area (Å²) in [5.74, 6) is -0.341. The Morgan fingerprint density at radius 2 is 1.82 bits per heavy atom. The van der Waals surface area contributed by atoms with Crippen molar-refractivity contribution in [2.75, 3.05) is 0 Å². The van der Waals surface area contributed by atoms with Gasteiger partial charge in [0.2, 0.25) is 0 Å². The predicted molar refractivity (Wildman–Crippen MR) is 114 cm³/mol. The number of nitrogens with zero attached hydrogens (tertiary/aromatic N) is 3. The monoisotopic (exact) mass is 432 g/mol. The minimum atomic E-state index is -0.341. The Labute approximate surface area is 170 Å². The molecule has 0 saturated heterocycles. The molecule has 0 aliphatic heterocycles. The van der Waals surface area contributed by atoms with Crippen LogP contribution in [0.3, 0.4) is 0 Å². The number of rotatable bonds is 5. The maximum atomic E-state index is 12.3. The topological polar surface area (TPSA) is 59.3 Å². The van der Waals surface area contributed by atoms with Gasteiger partial charge in [-0.25, -0.2) is 5.43 Å². The second kappa shape index (κ2) is 8.19. The Kier molecular flexibility index (Phi) is 5.30. The average Bonchev–Trinajstić information content (AvgIpc) is 3.18. The summed E-state index contributed by atoms with van der Waals surface area (Å²) in [4.78, 5) is 12.3. The lowest BCUT2D eigenvalue weighted by molar-refractivity contribution is 0.0949. The number of fused-ring (bicyclic) bond motifs is 1. The second-order valence-electron chi connectivity index (χ2n) is 6.33. The molecule has 1 amide bonds. The molecule has 0 atom stereocenters. The zero-order valence-electron chi connectivity index (χ0n) is 14.9. The van der Waals surface area contributed by atoms with Crippen LogP contribution in [0.4, 0.5) is 0 Å². The molecule has 4 rings (SSSR count). The molecule has 3 aromatic carbocycles. The van der Waals surface area contributed by atoms with Gasteiger partial charge in [-0.15, -0.1) is 0 Å². The lowest BCUT2D eigenvalue weighted by atomic mass is 10.1. The maximum absolute atomic E-state index is 12.3. The van der Waals surface area contributed by atoms with E-state index >= 15 is 0 Å². The van der Waals surface area contributed by atoms with Crippen molar-refractivity contribution in [3.8, 4) is 0 Å². The summed E-state index contributed by atoms with van der Waals surface area (Å²) >= 11 is 3.42. The first-order valence-electron chi connectivity index (χ1n) is 8.77. The fraction of sp³-hybridized carbons (Fsp3) is 0.0455. The minimum absolute atomic E-state index is 0.327. The molecule has 1 N–H and O–H groups in total. The Hall–Kier alpha value is -3.25. The van der Waals surface area contributed by atoms with Crippen molar-refractivity contribution in [1.29, 1.82) is 0 Å². The van der Waals surface area contributed by atoms with Gasteiger partial charge in [0.25, 0.3) is 5.91 Å². The average molecular weight is 433 g/mol. The second-order valence-corrected chi connectivity index (χ2v) is 7.25. The molecule has 4 aromatic rings. The van der Waals surface area contributed by atoms with Crippen LogP contribution in [0.25, 0.3) is 10.8 Å². The summed E-state index contributed by atoms with van der Waals surface area (Å²) in [5.41, 5.74) is 4.88. The molecule has 138 valence electrons. The van der Waals surface area contributed by atoms with Crippen LogP contribution in [0.5, 0.6) is 0 Å². The summed E-state index contributed by atoms with van der Waals surface area (Å²) in [6.07, 6.45) is 3.41. The molecular weight excluding hydrogens is 416 g/mol. The van der Waals surface area contributed by atoms with Gasteiger partial charge in [-0.3, -0.25) is 9.48 Å². The number of carbonyl (C=O) groups excluding carboxylic acids is 1. The normalized spacial score (nSPS) is 11.2. The molecule has 0 radical (unpaired) electrons. The fourth-order valence-electron chi connectivity index (χ4n) is 2.86. The first-order chi connectivity index (χ1) is 13.7. The van der Waals surface area contributed by atoms with E-state index in [0.29, 0.717) is 12.2 Å². The summed E-state index contributed by atoms with van der Waals surface area (Å²) in [6.45, 7) is 0.598. The molecule has 0 unspecified atom stereocenters. The van der Waals surface area contributed by atoms with Gasteiger partial charge in [-0.2, -0.15) is 10.2 Å². The summed E-state index contributed by atoms with van der Waals surface area (Å²) in [7, 11) is 0. The van der Waals surface area contributed by atoms with Crippen LogP contribution < -0.4 is 5.43 Å². The predicted octanol–water partition coefficient (Wildman–Crippen LogP) is 4.61. The van der Waals surface area contributed by atoms with Crippen LogP contribution in [-0.2, 0) is 6.54 Å². The lowest BCUT2D eigenvalue weighted by Gasteiger charge is -2.02. The van der Waals surface area contributed by atoms with Gasteiger partial charge in [0, 0.05) is 10.7 Å². The molecular formula is C22H17BrN4O. The van der Waals surface area contributed by atoms with Crippen molar-refractivity contribution >= 4 is 38.8 Å². The molecule has 28 heavy (non-hydrogen) atoms. The summed E-state index contributed by atoms with van der Waals surface area (Å²) in [5, 5.41) is 10.7. The standard InChI is InChI=1S/C22H17BrN4O/c23-20-9-6-16(7-10-20)15-27-12-11-21(26-27)22(28)25-24-14-17-5-8-18-3-1-2-4-19(18)13-17/h1-14H,15H2,(H,25,28)/b24-14-. The van der Waals surface area contributed by atoms with Gasteiger partial charge in [-0.1, -0.05) is 64.5 Å². The quantitative estimate of drug-likeness (QED) is 0.369. The van der Waals surface area contributed by atoms with E-state index in [-0.39, 0.29) is 5.91 Å². The number of halogens is 1. The summed E-state index contributed by atoms with van der Waals surface area (Å²) < 4.78 is 2.76. The molecule has 6 heteroatoms. The Bertz CT molecular complexity index is 1150. The van der Waals surface area contributed by atoms with Crippen LogP contribution in [-0.4, -0.2) is 21.9 Å². The highest BCUT2D eigenvalue weighted by atomic mass is 79.9. The third-order valence-corrected chi connectivity index (χ3v) is 4.81. The highest BCUT2D eigenvalue weighted by molar-refractivity contribution is 9.10. The number of hydrogen-bond donors (Lipinski definition) is 1. The molecule has 0 aliphatic carbocycles. The van der Waals surface area contributed by atoms with Gasteiger partial charge < -0.3 is 0 Å². The van der Waals surface area contributed by atoms with Crippen molar-refractivity contribution in [3.05, 3.63) is 100 Å². The van der Waals surface area contributed by atoms with Crippen molar-refractivity contribution in [3.63, 3.8) is 0 Å². The SMILES string of the molecule is O=C(N/N=C\c1ccc2ccccc2c1)c1ccn(Cc2ccc(Br)cc2)n1. The van der Waals surface area contributed by atoms with E-state index in [4.69, 9.17) is 0 Å². The number of hydrazone groups is 1. The zero-order valence-corrected chi connectivity index (χ0v) is 16.5. The molecule has 5 nitrogen and oxygen atoms in total. The van der Waals surface area contributed by atoms with Gasteiger partial charge in [0.15, 0.2) is 5.69 Å². The smallest absolute Gasteiger partial charge is 0.268 e. The van der Waals surface area contributed by atoms with Crippen molar-refractivity contribution < 1.29 is 4.79 Å². The van der Waals surface area contributed by atoms with Crippen LogP contribution in [0.15, 0.2) is 88.6 Å². The number of hydrogen-bond acceptors (Lipinski definition) is 3. The highest BCUT2D eigenvalue weighted by Crippen LogP contribution is 2.14. The van der Waals surface area contributed by atoms with E-state index in [1.165, 1.54) is 5.39 Å². The van der Waals surface area contributed by atoms with E-state index in [0.717, 1.165) is 21.0 Å². The van der Waals surface area contributed by atoms with Crippen molar-refractivity contribution in [1.82, 2.24) is 15.2 Å². The van der Waals surface area contributed by atoms with Gasteiger partial charge in [0.05, 0.1) is 12.8 Å². The highest BCUT2D eigenvalue weighted by Gasteiger charge is 2.08. The largest absolute Gasteiger partial charge is 0.291 e. The Morgan fingerprint density at radius 1 is 1.04 bits per heavy atom. The molecule has 1 heterocycles. The van der Waals surface area contributed by atoms with Crippen LogP contribution in [0.2, 0.25) is 0 Å². The summed E-state index contributed by atoms with van der Waals surface area (Å²) in [6, 6.07) is 23.8. The molecule has 0 aliphatic rings. The number of carbonyl (C=O) groups is 1. The molecule has 0 saturated carbocycles. The Morgan fingerprint density at radius 3 is 2.64 bits per heavy atom. The van der Waals surface area contributed by atoms with Crippen molar-refractivity contribution in [2.24, 2.45) is 5.10 Å². The lowest BCUT2D eigenvalue weighted by Crippen LogP contribution is -2.18. The van der Waals surface area contributed by atoms with E-state index in [1.807, 2.05) is 60.7 Å². The van der Waals surface area contributed by atoms with Crippen LogP contribution in [0.1, 0.15) is 21.6 Å². The van der Waals surface area contributed by atoms with Crippen LogP contribution in [0, 0.1) is 0 Å².